The number of carbonyl (C=O) groups excluding carboxylic acids is 2. The highest BCUT2D eigenvalue weighted by Crippen LogP contribution is 2.34. The van der Waals surface area contributed by atoms with Crippen molar-refractivity contribution in [2.45, 2.75) is 32.0 Å². The molecule has 41 heavy (non-hydrogen) atoms. The Morgan fingerprint density at radius 2 is 0.927 bits per heavy atom. The zero-order valence-corrected chi connectivity index (χ0v) is 21.3. The van der Waals surface area contributed by atoms with Gasteiger partial charge in [0.15, 0.2) is 5.92 Å². The lowest BCUT2D eigenvalue weighted by atomic mass is 9.99. The molecule has 0 fully saturated rings. The molecule has 0 aliphatic heterocycles. The van der Waals surface area contributed by atoms with Gasteiger partial charge in [0.1, 0.15) is 12.2 Å². The molecule has 0 spiro atoms. The van der Waals surface area contributed by atoms with Crippen LogP contribution in [0.3, 0.4) is 0 Å². The van der Waals surface area contributed by atoms with Crippen molar-refractivity contribution in [2.75, 3.05) is 0 Å². The molecule has 0 aliphatic rings. The Kier molecular flexibility index (Phi) is 8.98. The first-order valence-electron chi connectivity index (χ1n) is 11.6. The maximum Gasteiger partial charge on any atom is 0.346 e. The van der Waals surface area contributed by atoms with Crippen LogP contribution < -0.4 is 0 Å². The van der Waals surface area contributed by atoms with Crippen LogP contribution in [0.4, 0.5) is 22.7 Å². The second-order valence-corrected chi connectivity index (χ2v) is 8.53. The van der Waals surface area contributed by atoms with Crippen LogP contribution in [-0.2, 0) is 19.1 Å². The zero-order chi connectivity index (χ0) is 30.4. The molecule has 0 aromatic heterocycles. The Hall–Kier alpha value is -5.80. The fourth-order valence-corrected chi connectivity index (χ4v) is 3.82. The molecule has 3 aromatic carbocycles. The third-order valence-corrected chi connectivity index (χ3v) is 5.91. The minimum atomic E-state index is -1.66. The topological polar surface area (TPSA) is 225 Å². The number of nitro benzene ring substituents is 4. The Balaban J connectivity index is 1.88. The molecule has 0 heterocycles. The number of hydrogen-bond acceptors (Lipinski definition) is 12. The van der Waals surface area contributed by atoms with Gasteiger partial charge in [-0.2, -0.15) is 0 Å². The molecule has 16 heteroatoms. The van der Waals surface area contributed by atoms with E-state index in [0.717, 1.165) is 24.3 Å². The summed E-state index contributed by atoms with van der Waals surface area (Å²) in [4.78, 5) is 67.4. The molecule has 0 amide bonds. The number of nitrogens with zero attached hydrogens (tertiary/aromatic N) is 4. The normalized spacial score (nSPS) is 12.8. The smallest absolute Gasteiger partial charge is 0.346 e. The minimum absolute atomic E-state index is 0.0439. The van der Waals surface area contributed by atoms with Crippen molar-refractivity contribution in [1.29, 1.82) is 0 Å². The predicted octanol–water partition coefficient (Wildman–Crippen LogP) is 5.01. The van der Waals surface area contributed by atoms with Gasteiger partial charge < -0.3 is 9.47 Å². The summed E-state index contributed by atoms with van der Waals surface area (Å²) in [5.41, 5.74) is -2.91. The van der Waals surface area contributed by atoms with Crippen LogP contribution in [0, 0.1) is 40.5 Å². The van der Waals surface area contributed by atoms with Crippen LogP contribution in [0.5, 0.6) is 0 Å². The van der Waals surface area contributed by atoms with Gasteiger partial charge in [-0.15, -0.1) is 0 Å². The number of benzene rings is 3. The summed E-state index contributed by atoms with van der Waals surface area (Å²) >= 11 is 0. The first-order chi connectivity index (χ1) is 19.3. The third kappa shape index (κ3) is 6.80. The van der Waals surface area contributed by atoms with Crippen molar-refractivity contribution in [1.82, 2.24) is 0 Å². The number of carbonyl (C=O) groups is 2. The summed E-state index contributed by atoms with van der Waals surface area (Å²) in [7, 11) is 0. The maximum absolute atomic E-state index is 13.2. The van der Waals surface area contributed by atoms with Gasteiger partial charge in [-0.3, -0.25) is 50.0 Å². The van der Waals surface area contributed by atoms with Crippen molar-refractivity contribution in [2.24, 2.45) is 0 Å². The molecule has 2 atom stereocenters. The van der Waals surface area contributed by atoms with E-state index in [9.17, 15) is 50.0 Å². The highest BCUT2D eigenvalue weighted by molar-refractivity contribution is 6.01. The number of esters is 2. The quantitative estimate of drug-likeness (QED) is 0.129. The van der Waals surface area contributed by atoms with E-state index >= 15 is 0 Å². The van der Waals surface area contributed by atoms with E-state index < -0.39 is 72.5 Å². The van der Waals surface area contributed by atoms with Gasteiger partial charge >= 0.3 is 34.7 Å². The predicted molar refractivity (Wildman–Crippen MR) is 138 cm³/mol. The highest BCUT2D eigenvalue weighted by Gasteiger charge is 2.35. The molecule has 212 valence electrons. The van der Waals surface area contributed by atoms with Gasteiger partial charge in [-0.1, -0.05) is 30.3 Å². The van der Waals surface area contributed by atoms with E-state index in [-0.39, 0.29) is 16.7 Å². The number of nitro groups is 4. The Morgan fingerprint density at radius 1 is 0.561 bits per heavy atom. The second kappa shape index (κ2) is 12.4. The fraction of sp³-hybridized carbons (Fsp3) is 0.200. The van der Waals surface area contributed by atoms with E-state index in [1.807, 2.05) is 0 Å². The molecule has 0 radical (unpaired) electrons. The molecule has 0 saturated heterocycles. The van der Waals surface area contributed by atoms with Crippen molar-refractivity contribution < 1.29 is 38.8 Å². The molecule has 16 nitrogen and oxygen atoms in total. The standard InChI is InChI=1S/C25H20N4O12/c1-14(17-8-10-19(26(32)33)21(12-17)28(36)37)40-24(30)23(16-6-4-3-5-7-16)25(31)41-15(2)18-9-11-20(27(34)35)22(13-18)29(38)39/h3-15,23H,1-2H3. The molecular weight excluding hydrogens is 548 g/mol. The Labute approximate surface area is 229 Å². The largest absolute Gasteiger partial charge is 0.457 e. The van der Waals surface area contributed by atoms with Crippen molar-refractivity contribution in [3.05, 3.63) is 124 Å². The molecule has 0 saturated carbocycles. The van der Waals surface area contributed by atoms with E-state index in [2.05, 4.69) is 0 Å². The molecule has 2 unspecified atom stereocenters. The lowest BCUT2D eigenvalue weighted by Crippen LogP contribution is -2.27. The van der Waals surface area contributed by atoms with Crippen molar-refractivity contribution >= 4 is 34.7 Å². The van der Waals surface area contributed by atoms with E-state index in [0.29, 0.717) is 0 Å². The van der Waals surface area contributed by atoms with E-state index in [4.69, 9.17) is 9.47 Å². The molecule has 0 aliphatic carbocycles. The summed E-state index contributed by atoms with van der Waals surface area (Å²) in [6.07, 6.45) is -2.37. The van der Waals surface area contributed by atoms with Crippen LogP contribution in [0.25, 0.3) is 0 Å². The lowest BCUT2D eigenvalue weighted by molar-refractivity contribution is -0.422. The minimum Gasteiger partial charge on any atom is -0.457 e. The van der Waals surface area contributed by atoms with E-state index in [1.54, 1.807) is 6.07 Å². The van der Waals surface area contributed by atoms with Crippen molar-refractivity contribution in [3.63, 3.8) is 0 Å². The summed E-state index contributed by atoms with van der Waals surface area (Å²) in [5, 5.41) is 44.8. The zero-order valence-electron chi connectivity index (χ0n) is 21.3. The summed E-state index contributed by atoms with van der Waals surface area (Å²) in [6, 6.07) is 13.5. The van der Waals surface area contributed by atoms with Crippen LogP contribution in [-0.4, -0.2) is 31.6 Å². The average molecular weight is 568 g/mol. The summed E-state index contributed by atoms with van der Waals surface area (Å²) in [6.45, 7) is 2.68. The van der Waals surface area contributed by atoms with Gasteiger partial charge in [0.2, 0.25) is 0 Å². The maximum atomic E-state index is 13.2. The van der Waals surface area contributed by atoms with Gasteiger partial charge in [0, 0.05) is 24.3 Å². The van der Waals surface area contributed by atoms with Gasteiger partial charge in [0.05, 0.1) is 19.7 Å². The molecule has 3 aromatic rings. The summed E-state index contributed by atoms with van der Waals surface area (Å²) in [5.74, 6) is -3.89. The molecule has 0 N–H and O–H groups in total. The van der Waals surface area contributed by atoms with E-state index in [1.165, 1.54) is 50.2 Å². The molecular formula is C25H20N4O12. The fourth-order valence-electron chi connectivity index (χ4n) is 3.82. The number of ether oxygens (including phenoxy) is 2. The van der Waals surface area contributed by atoms with Gasteiger partial charge in [-0.25, -0.2) is 0 Å². The molecule has 0 bridgehead atoms. The van der Waals surface area contributed by atoms with Crippen LogP contribution in [0.1, 0.15) is 48.7 Å². The number of rotatable bonds is 11. The van der Waals surface area contributed by atoms with Gasteiger partial charge in [-0.05, 0) is 42.7 Å². The average Bonchev–Trinajstić information content (AvgIpc) is 2.92. The Morgan fingerprint density at radius 3 is 1.27 bits per heavy atom. The Bertz CT molecular complexity index is 1450. The van der Waals surface area contributed by atoms with Crippen LogP contribution in [0.15, 0.2) is 66.7 Å². The number of hydrogen-bond donors (Lipinski definition) is 0. The van der Waals surface area contributed by atoms with Crippen LogP contribution >= 0.6 is 0 Å². The summed E-state index contributed by atoms with van der Waals surface area (Å²) < 4.78 is 10.8. The second-order valence-electron chi connectivity index (χ2n) is 8.53. The van der Waals surface area contributed by atoms with Crippen molar-refractivity contribution in [3.8, 4) is 0 Å². The van der Waals surface area contributed by atoms with Gasteiger partial charge in [0.25, 0.3) is 0 Å². The van der Waals surface area contributed by atoms with Crippen LogP contribution in [0.2, 0.25) is 0 Å². The first kappa shape index (κ1) is 29.8. The lowest BCUT2D eigenvalue weighted by Gasteiger charge is -2.21. The highest BCUT2D eigenvalue weighted by atomic mass is 16.6. The SMILES string of the molecule is CC(OC(=O)C(C(=O)OC(C)c1ccc([N+](=O)[O-])c([N+](=O)[O-])c1)c1ccccc1)c1ccc([N+](=O)[O-])c([N+](=O)[O-])c1. The monoisotopic (exact) mass is 568 g/mol. The third-order valence-electron chi connectivity index (χ3n) is 5.91. The first-order valence-corrected chi connectivity index (χ1v) is 11.6. The molecule has 3 rings (SSSR count).